The Hall–Kier alpha value is -5.14. The number of carbonyl (C=O) groups is 3. The molecule has 0 aliphatic heterocycles. The van der Waals surface area contributed by atoms with Crippen LogP contribution in [0.5, 0.6) is 0 Å². The minimum absolute atomic E-state index is 0.0245. The van der Waals surface area contributed by atoms with E-state index in [1.165, 1.54) is 0 Å². The van der Waals surface area contributed by atoms with Gasteiger partial charge in [-0.15, -0.1) is 11.8 Å². The topological polar surface area (TPSA) is 84.5 Å². The van der Waals surface area contributed by atoms with Gasteiger partial charge in [0.2, 0.25) is 5.91 Å². The number of hydrogen-bond acceptors (Lipinski definition) is 5. The molecule has 0 heterocycles. The lowest BCUT2D eigenvalue weighted by Gasteiger charge is -2.36. The second kappa shape index (κ2) is 16.0. The van der Waals surface area contributed by atoms with Gasteiger partial charge in [-0.2, -0.15) is 0 Å². The summed E-state index contributed by atoms with van der Waals surface area (Å²) < 4.78 is 5.11. The summed E-state index contributed by atoms with van der Waals surface area (Å²) in [6.45, 7) is 2.00. The maximum atomic E-state index is 13.8. The van der Waals surface area contributed by atoms with Gasteiger partial charge in [-0.05, 0) is 45.4 Å². The largest absolute Gasteiger partial charge is 0.449 e. The zero-order valence-corrected chi connectivity index (χ0v) is 29.2. The summed E-state index contributed by atoms with van der Waals surface area (Å²) in [4.78, 5) is 40.3. The molecule has 0 fully saturated rings. The number of nitrogens with one attached hydrogen (secondary N) is 2. The quantitative estimate of drug-likeness (QED) is 0.115. The highest BCUT2D eigenvalue weighted by Gasteiger charge is 2.39. The average molecular weight is 683 g/mol. The first-order valence-electron chi connectivity index (χ1n) is 17.1. The second-order valence-corrected chi connectivity index (χ2v) is 13.7. The van der Waals surface area contributed by atoms with Crippen LogP contribution in [0.1, 0.15) is 53.5 Å². The molecule has 7 heteroatoms. The first-order valence-corrected chi connectivity index (χ1v) is 18.1. The van der Waals surface area contributed by atoms with Crippen LogP contribution in [0.15, 0.2) is 140 Å². The maximum absolute atomic E-state index is 13.8. The van der Waals surface area contributed by atoms with E-state index in [1.807, 2.05) is 85.8 Å². The highest BCUT2D eigenvalue weighted by atomic mass is 32.2. The van der Waals surface area contributed by atoms with Gasteiger partial charge in [0.1, 0.15) is 6.61 Å². The lowest BCUT2D eigenvalue weighted by atomic mass is 9.84. The van der Waals surface area contributed by atoms with Crippen molar-refractivity contribution in [2.45, 2.75) is 36.5 Å². The van der Waals surface area contributed by atoms with Crippen LogP contribution in [0, 0.1) is 5.92 Å². The number of benzene rings is 5. The van der Waals surface area contributed by atoms with Gasteiger partial charge >= 0.3 is 6.09 Å². The summed E-state index contributed by atoms with van der Waals surface area (Å²) in [7, 11) is 1.59. The van der Waals surface area contributed by atoms with Gasteiger partial charge in [-0.25, -0.2) is 4.79 Å². The number of hydrogen-bond donors (Lipinski definition) is 2. The number of Topliss-reactive ketones (excluding diaryl/α,β-unsaturated/α-hetero) is 1. The van der Waals surface area contributed by atoms with E-state index in [1.54, 1.807) is 18.8 Å². The molecule has 50 heavy (non-hydrogen) atoms. The van der Waals surface area contributed by atoms with Crippen LogP contribution in [0.2, 0.25) is 0 Å². The molecule has 0 aromatic heterocycles. The molecule has 2 amide bonds. The monoisotopic (exact) mass is 682 g/mol. The zero-order chi connectivity index (χ0) is 34.9. The van der Waals surface area contributed by atoms with Crippen molar-refractivity contribution in [2.75, 3.05) is 19.4 Å². The molecule has 2 atom stereocenters. The van der Waals surface area contributed by atoms with Gasteiger partial charge in [0.05, 0.1) is 16.7 Å². The van der Waals surface area contributed by atoms with Crippen LogP contribution in [0.3, 0.4) is 0 Å². The van der Waals surface area contributed by atoms with E-state index in [9.17, 15) is 14.4 Å². The van der Waals surface area contributed by atoms with E-state index in [0.29, 0.717) is 12.2 Å². The first kappa shape index (κ1) is 34.7. The third-order valence-electron chi connectivity index (χ3n) is 9.54. The number of alkyl carbamates (subject to hydrolysis) is 1. The Bertz CT molecular complexity index is 1770. The van der Waals surface area contributed by atoms with E-state index in [4.69, 9.17) is 4.74 Å². The number of ketones is 1. The normalized spacial score (nSPS) is 13.4. The molecule has 5 aromatic carbocycles. The minimum Gasteiger partial charge on any atom is -0.449 e. The van der Waals surface area contributed by atoms with Gasteiger partial charge in [-0.3, -0.25) is 9.59 Å². The van der Waals surface area contributed by atoms with Crippen LogP contribution in [-0.2, 0) is 19.1 Å². The van der Waals surface area contributed by atoms with E-state index in [-0.39, 0.29) is 30.6 Å². The van der Waals surface area contributed by atoms with Gasteiger partial charge in [0.25, 0.3) is 0 Å². The molecule has 0 unspecified atom stereocenters. The molecule has 5 aromatic rings. The SMILES string of the molecule is CC[C@H](NC(=O)OCC1c2ccccc2-c2ccccc21)C(=O)C[C@@H](CSC(c1ccccc1)(c1ccccc1)c1ccccc1)C(=O)NC. The highest BCUT2D eigenvalue weighted by molar-refractivity contribution is 8.00. The summed E-state index contributed by atoms with van der Waals surface area (Å²) >= 11 is 1.64. The van der Waals surface area contributed by atoms with Crippen molar-refractivity contribution in [1.82, 2.24) is 10.6 Å². The van der Waals surface area contributed by atoms with Crippen LogP contribution >= 0.6 is 11.8 Å². The Morgan fingerprint density at radius 2 is 1.16 bits per heavy atom. The molecule has 0 bridgehead atoms. The van der Waals surface area contributed by atoms with Crippen LogP contribution in [-0.4, -0.2) is 43.2 Å². The smallest absolute Gasteiger partial charge is 0.407 e. The Labute approximate surface area is 298 Å². The predicted molar refractivity (Wildman–Crippen MR) is 201 cm³/mol. The molecule has 254 valence electrons. The average Bonchev–Trinajstić information content (AvgIpc) is 3.50. The standard InChI is InChI=1S/C43H42N2O4S/c1-3-39(45-42(48)49-28-38-36-25-15-13-23-34(36)35-24-14-16-26-37(35)38)40(46)27-30(41(47)44-2)29-50-43(31-17-7-4-8-18-31,32-19-9-5-10-20-32)33-21-11-6-12-22-33/h4-26,30,38-39H,3,27-29H2,1-2H3,(H,44,47)(H,45,48)/t30-,39-/m0/s1. The van der Waals surface area contributed by atoms with Crippen LogP contribution in [0.4, 0.5) is 4.79 Å². The molecule has 0 spiro atoms. The number of rotatable bonds is 14. The van der Waals surface area contributed by atoms with Gasteiger partial charge < -0.3 is 15.4 Å². The Morgan fingerprint density at radius 1 is 0.700 bits per heavy atom. The van der Waals surface area contributed by atoms with Crippen molar-refractivity contribution in [3.05, 3.63) is 167 Å². The van der Waals surface area contributed by atoms with E-state index >= 15 is 0 Å². The third kappa shape index (κ3) is 7.24. The number of thioether (sulfide) groups is 1. The van der Waals surface area contributed by atoms with E-state index in [0.717, 1.165) is 38.9 Å². The lowest BCUT2D eigenvalue weighted by molar-refractivity contribution is -0.129. The molecule has 0 radical (unpaired) electrons. The van der Waals surface area contributed by atoms with Gasteiger partial charge in [0, 0.05) is 25.1 Å². The Morgan fingerprint density at radius 3 is 1.62 bits per heavy atom. The van der Waals surface area contributed by atoms with Crippen molar-refractivity contribution in [3.63, 3.8) is 0 Å². The van der Waals surface area contributed by atoms with Crippen molar-refractivity contribution >= 4 is 29.5 Å². The Kier molecular flexibility index (Phi) is 11.1. The van der Waals surface area contributed by atoms with E-state index in [2.05, 4.69) is 71.3 Å². The van der Waals surface area contributed by atoms with Gasteiger partial charge in [-0.1, -0.05) is 146 Å². The van der Waals surface area contributed by atoms with Crippen molar-refractivity contribution in [1.29, 1.82) is 0 Å². The zero-order valence-electron chi connectivity index (χ0n) is 28.4. The molecule has 1 aliphatic carbocycles. The number of amides is 2. The summed E-state index contributed by atoms with van der Waals surface area (Å²) in [5.41, 5.74) is 7.76. The highest BCUT2D eigenvalue weighted by Crippen LogP contribution is 2.49. The van der Waals surface area contributed by atoms with Gasteiger partial charge in [0.15, 0.2) is 5.78 Å². The second-order valence-electron chi connectivity index (χ2n) is 12.5. The van der Waals surface area contributed by atoms with E-state index < -0.39 is 22.8 Å². The summed E-state index contributed by atoms with van der Waals surface area (Å²) in [6.07, 6.45) is -0.295. The lowest BCUT2D eigenvalue weighted by Crippen LogP contribution is -2.43. The van der Waals surface area contributed by atoms with Crippen molar-refractivity contribution in [2.24, 2.45) is 5.92 Å². The van der Waals surface area contributed by atoms with Crippen molar-refractivity contribution < 1.29 is 19.1 Å². The molecule has 2 N–H and O–H groups in total. The summed E-state index contributed by atoms with van der Waals surface area (Å²) in [5, 5.41) is 5.58. The summed E-state index contributed by atoms with van der Waals surface area (Å²) in [6, 6.07) is 46.3. The third-order valence-corrected chi connectivity index (χ3v) is 11.2. The molecule has 6 nitrogen and oxygen atoms in total. The fourth-order valence-corrected chi connectivity index (χ4v) is 8.63. The minimum atomic E-state index is -0.787. The van der Waals surface area contributed by atoms with Crippen LogP contribution < -0.4 is 10.6 Å². The Balaban J connectivity index is 1.17. The predicted octanol–water partition coefficient (Wildman–Crippen LogP) is 8.35. The molecule has 1 aliphatic rings. The molecule has 0 saturated carbocycles. The fourth-order valence-electron chi connectivity index (χ4n) is 7.00. The molecule has 0 saturated heterocycles. The van der Waals surface area contributed by atoms with Crippen LogP contribution in [0.25, 0.3) is 11.1 Å². The molecular formula is C43H42N2O4S. The van der Waals surface area contributed by atoms with Crippen molar-refractivity contribution in [3.8, 4) is 11.1 Å². The fraction of sp³-hybridized carbons (Fsp3) is 0.233. The molecular weight excluding hydrogens is 641 g/mol. The maximum Gasteiger partial charge on any atom is 0.407 e. The first-order chi connectivity index (χ1) is 24.5. The number of fused-ring (bicyclic) bond motifs is 3. The summed E-state index contributed by atoms with van der Waals surface area (Å²) in [5.74, 6) is -0.778. The number of carbonyl (C=O) groups excluding carboxylic acids is 3. The molecule has 6 rings (SSSR count). The number of ether oxygens (including phenoxy) is 1.